The Morgan fingerprint density at radius 3 is 2.78 bits per heavy atom. The molecule has 0 amide bonds. The topological polar surface area (TPSA) is 110 Å². The lowest BCUT2D eigenvalue weighted by atomic mass is 10.1. The van der Waals surface area contributed by atoms with Crippen LogP contribution in [0.2, 0.25) is 0 Å². The molecule has 9 nitrogen and oxygen atoms in total. The first-order chi connectivity index (χ1) is 12.7. The third-order valence-corrected chi connectivity index (χ3v) is 7.01. The zero-order chi connectivity index (χ0) is 20.1. The van der Waals surface area contributed by atoms with Gasteiger partial charge in [0.2, 0.25) is 0 Å². The number of methoxy groups -OCH3 is 1. The molecule has 0 bridgehead atoms. The Morgan fingerprint density at radius 2 is 2.15 bits per heavy atom. The lowest BCUT2D eigenvalue weighted by Gasteiger charge is -2.25. The molecule has 10 heteroatoms. The zero-order valence-corrected chi connectivity index (χ0v) is 17.8. The van der Waals surface area contributed by atoms with Gasteiger partial charge in [-0.25, -0.2) is 18.1 Å². The molecule has 1 aliphatic rings. The molecular formula is C17H32N6O3S. The molecule has 0 saturated heterocycles. The van der Waals surface area contributed by atoms with Crippen LogP contribution in [0.4, 0.5) is 0 Å². The second-order valence-electron chi connectivity index (χ2n) is 7.63. The molecule has 2 heterocycles. The van der Waals surface area contributed by atoms with E-state index in [2.05, 4.69) is 25.7 Å². The summed E-state index contributed by atoms with van der Waals surface area (Å²) in [7, 11) is -1.55. The summed E-state index contributed by atoms with van der Waals surface area (Å²) in [5.41, 5.74) is 0. The molecule has 1 atom stereocenters. The van der Waals surface area contributed by atoms with Crippen LogP contribution in [0.1, 0.15) is 45.8 Å². The van der Waals surface area contributed by atoms with Crippen LogP contribution in [0.25, 0.3) is 0 Å². The zero-order valence-electron chi connectivity index (χ0n) is 16.9. The highest BCUT2D eigenvalue weighted by Crippen LogP contribution is 2.16. The van der Waals surface area contributed by atoms with Gasteiger partial charge in [-0.2, -0.15) is 5.10 Å². The minimum absolute atomic E-state index is 0.0331. The highest BCUT2D eigenvalue weighted by atomic mass is 32.2. The number of guanidine groups is 1. The summed E-state index contributed by atoms with van der Waals surface area (Å²) >= 11 is 0. The van der Waals surface area contributed by atoms with Gasteiger partial charge in [-0.1, -0.05) is 0 Å². The van der Waals surface area contributed by atoms with E-state index in [1.165, 1.54) is 0 Å². The molecule has 0 aliphatic carbocycles. The van der Waals surface area contributed by atoms with Gasteiger partial charge in [0.05, 0.1) is 23.6 Å². The fraction of sp³-hybridized carbons (Fsp3) is 0.824. The molecule has 2 rings (SSSR count). The Kier molecular flexibility index (Phi) is 7.21. The summed E-state index contributed by atoms with van der Waals surface area (Å²) in [6, 6.07) is 0.159. The SMILES string of the molecule is CCNC(=NCCS(=O)(=O)C(C)(C)C)NC1CCc2nc(COC)nn2C1. The van der Waals surface area contributed by atoms with Crippen LogP contribution >= 0.6 is 0 Å². The standard InChI is InChI=1S/C17H32N6O3S/c1-6-18-16(19-9-10-27(24,25)17(2,3)4)20-13-7-8-15-21-14(12-26-5)22-23(15)11-13/h13H,6-12H2,1-5H3,(H2,18,19,20). The highest BCUT2D eigenvalue weighted by molar-refractivity contribution is 7.92. The number of aliphatic imine (C=N–C) groups is 1. The predicted octanol–water partition coefficient (Wildman–Crippen LogP) is 0.508. The van der Waals surface area contributed by atoms with Crippen LogP contribution in [0.5, 0.6) is 0 Å². The Bertz CT molecular complexity index is 751. The Balaban J connectivity index is 1.97. The summed E-state index contributed by atoms with van der Waals surface area (Å²) in [6.45, 7) is 9.16. The molecule has 1 aromatic rings. The minimum atomic E-state index is -3.18. The van der Waals surface area contributed by atoms with Gasteiger partial charge in [-0.3, -0.25) is 4.99 Å². The second kappa shape index (κ2) is 9.01. The highest BCUT2D eigenvalue weighted by Gasteiger charge is 2.28. The van der Waals surface area contributed by atoms with Crippen LogP contribution in [-0.4, -0.2) is 65.9 Å². The van der Waals surface area contributed by atoms with Crippen molar-refractivity contribution in [2.75, 3.05) is 26.0 Å². The second-order valence-corrected chi connectivity index (χ2v) is 10.5. The molecule has 27 heavy (non-hydrogen) atoms. The van der Waals surface area contributed by atoms with Gasteiger partial charge in [0.25, 0.3) is 0 Å². The van der Waals surface area contributed by atoms with E-state index in [0.717, 1.165) is 18.7 Å². The van der Waals surface area contributed by atoms with Crippen molar-refractivity contribution in [3.8, 4) is 0 Å². The maximum Gasteiger partial charge on any atom is 0.191 e. The monoisotopic (exact) mass is 400 g/mol. The summed E-state index contributed by atoms with van der Waals surface area (Å²) in [5, 5.41) is 11.0. The lowest BCUT2D eigenvalue weighted by molar-refractivity contribution is 0.177. The van der Waals surface area contributed by atoms with Crippen molar-refractivity contribution >= 4 is 15.8 Å². The molecule has 154 valence electrons. The lowest BCUT2D eigenvalue weighted by Crippen LogP contribution is -2.47. The Hall–Kier alpha value is -1.68. The van der Waals surface area contributed by atoms with Crippen LogP contribution in [0, 0.1) is 0 Å². The van der Waals surface area contributed by atoms with Gasteiger partial charge in [-0.15, -0.1) is 0 Å². The van der Waals surface area contributed by atoms with Gasteiger partial charge in [0.1, 0.15) is 12.4 Å². The van der Waals surface area contributed by atoms with Crippen molar-refractivity contribution in [1.29, 1.82) is 0 Å². The average molecular weight is 401 g/mol. The minimum Gasteiger partial charge on any atom is -0.377 e. The summed E-state index contributed by atoms with van der Waals surface area (Å²) < 4.78 is 30.7. The van der Waals surface area contributed by atoms with Crippen molar-refractivity contribution in [3.05, 3.63) is 11.6 Å². The fourth-order valence-corrected chi connectivity index (χ4v) is 3.71. The van der Waals surface area contributed by atoms with E-state index >= 15 is 0 Å². The third kappa shape index (κ3) is 5.90. The molecule has 0 radical (unpaired) electrons. The first kappa shape index (κ1) is 21.6. The number of nitrogens with one attached hydrogen (secondary N) is 2. The Morgan fingerprint density at radius 1 is 1.41 bits per heavy atom. The van der Waals surface area contributed by atoms with Crippen molar-refractivity contribution in [2.45, 2.75) is 64.5 Å². The predicted molar refractivity (Wildman–Crippen MR) is 105 cm³/mol. The number of rotatable bonds is 7. The first-order valence-electron chi connectivity index (χ1n) is 9.35. The summed E-state index contributed by atoms with van der Waals surface area (Å²) in [4.78, 5) is 8.92. The van der Waals surface area contributed by atoms with E-state index in [1.807, 2.05) is 11.6 Å². The van der Waals surface area contributed by atoms with Crippen molar-refractivity contribution in [2.24, 2.45) is 4.99 Å². The molecule has 0 saturated carbocycles. The average Bonchev–Trinajstić information content (AvgIpc) is 2.95. The van der Waals surface area contributed by atoms with Crippen molar-refractivity contribution in [1.82, 2.24) is 25.4 Å². The Labute approximate surface area is 161 Å². The van der Waals surface area contributed by atoms with Gasteiger partial charge < -0.3 is 15.4 Å². The quantitative estimate of drug-likeness (QED) is 0.507. The summed E-state index contributed by atoms with van der Waals surface area (Å²) in [5.74, 6) is 2.33. The fourth-order valence-electron chi connectivity index (χ4n) is 2.77. The van der Waals surface area contributed by atoms with E-state index in [4.69, 9.17) is 4.74 Å². The number of aryl methyl sites for hydroxylation is 1. The van der Waals surface area contributed by atoms with E-state index in [-0.39, 0.29) is 18.3 Å². The maximum absolute atomic E-state index is 12.2. The van der Waals surface area contributed by atoms with Crippen molar-refractivity contribution < 1.29 is 13.2 Å². The molecule has 1 aromatic heterocycles. The maximum atomic E-state index is 12.2. The van der Waals surface area contributed by atoms with Gasteiger partial charge in [0.15, 0.2) is 21.6 Å². The largest absolute Gasteiger partial charge is 0.377 e. The number of aromatic nitrogens is 3. The van der Waals surface area contributed by atoms with E-state index in [0.29, 0.717) is 31.5 Å². The molecular weight excluding hydrogens is 368 g/mol. The van der Waals surface area contributed by atoms with Crippen LogP contribution in [0.15, 0.2) is 4.99 Å². The van der Waals surface area contributed by atoms with Crippen LogP contribution < -0.4 is 10.6 Å². The number of hydrogen-bond acceptors (Lipinski definition) is 6. The van der Waals surface area contributed by atoms with E-state index in [1.54, 1.807) is 27.9 Å². The van der Waals surface area contributed by atoms with E-state index < -0.39 is 14.6 Å². The number of nitrogens with zero attached hydrogens (tertiary/aromatic N) is 4. The molecule has 0 spiro atoms. The van der Waals surface area contributed by atoms with Crippen LogP contribution in [-0.2, 0) is 34.1 Å². The first-order valence-corrected chi connectivity index (χ1v) is 11.0. The summed E-state index contributed by atoms with van der Waals surface area (Å²) in [6.07, 6.45) is 1.74. The van der Waals surface area contributed by atoms with Crippen molar-refractivity contribution in [3.63, 3.8) is 0 Å². The normalized spacial score (nSPS) is 18.3. The number of fused-ring (bicyclic) bond motifs is 1. The van der Waals surface area contributed by atoms with Gasteiger partial charge in [-0.05, 0) is 34.1 Å². The van der Waals surface area contributed by atoms with Gasteiger partial charge in [0, 0.05) is 26.1 Å². The molecule has 2 N–H and O–H groups in total. The third-order valence-electron chi connectivity index (χ3n) is 4.42. The van der Waals surface area contributed by atoms with Gasteiger partial charge >= 0.3 is 0 Å². The number of hydrogen-bond donors (Lipinski definition) is 2. The smallest absolute Gasteiger partial charge is 0.191 e. The number of ether oxygens (including phenoxy) is 1. The van der Waals surface area contributed by atoms with E-state index in [9.17, 15) is 8.42 Å². The number of sulfone groups is 1. The van der Waals surface area contributed by atoms with Crippen LogP contribution in [0.3, 0.4) is 0 Å². The molecule has 0 fully saturated rings. The molecule has 0 aromatic carbocycles. The molecule has 1 aliphatic heterocycles. The molecule has 1 unspecified atom stereocenters.